The van der Waals surface area contributed by atoms with Gasteiger partial charge in [-0.3, -0.25) is 4.90 Å². The highest BCUT2D eigenvalue weighted by atomic mass is 15.2. The summed E-state index contributed by atoms with van der Waals surface area (Å²) in [6.07, 6.45) is 4.10. The summed E-state index contributed by atoms with van der Waals surface area (Å²) in [7, 11) is 0. The molecule has 0 radical (unpaired) electrons. The van der Waals surface area contributed by atoms with Crippen LogP contribution in [-0.2, 0) is 0 Å². The fourth-order valence-electron chi connectivity index (χ4n) is 1.86. The summed E-state index contributed by atoms with van der Waals surface area (Å²) in [5.74, 6) is 1.00. The van der Waals surface area contributed by atoms with Gasteiger partial charge in [-0.2, -0.15) is 0 Å². The minimum Gasteiger partial charge on any atom is -0.311 e. The third-order valence-electron chi connectivity index (χ3n) is 3.81. The van der Waals surface area contributed by atoms with E-state index in [9.17, 15) is 0 Å². The topological polar surface area (TPSA) is 15.3 Å². The maximum absolute atomic E-state index is 3.65. The molecule has 96 valence electrons. The van der Waals surface area contributed by atoms with Gasteiger partial charge >= 0.3 is 0 Å². The maximum Gasteiger partial charge on any atom is 0.0123 e. The molecule has 0 aromatic rings. The minimum absolute atomic E-state index is 0.294. The highest BCUT2D eigenvalue weighted by Crippen LogP contribution is 2.30. The molecule has 1 saturated carbocycles. The summed E-state index contributed by atoms with van der Waals surface area (Å²) in [6, 6.07) is 0.687. The Morgan fingerprint density at radius 1 is 1.31 bits per heavy atom. The number of nitrogens with zero attached hydrogens (tertiary/aromatic N) is 1. The largest absolute Gasteiger partial charge is 0.311 e. The molecule has 0 spiro atoms. The monoisotopic (exact) mass is 226 g/mol. The van der Waals surface area contributed by atoms with Gasteiger partial charge in [0, 0.05) is 31.2 Å². The van der Waals surface area contributed by atoms with Gasteiger partial charge in [0.15, 0.2) is 0 Å². The second-order valence-electron chi connectivity index (χ2n) is 6.20. The second-order valence-corrected chi connectivity index (χ2v) is 6.20. The molecule has 0 heterocycles. The van der Waals surface area contributed by atoms with Crippen LogP contribution in [0.3, 0.4) is 0 Å². The molecule has 1 fully saturated rings. The molecular formula is C14H30N2. The third kappa shape index (κ3) is 5.31. The van der Waals surface area contributed by atoms with Crippen molar-refractivity contribution in [1.82, 2.24) is 10.2 Å². The zero-order chi connectivity index (χ0) is 12.2. The normalized spacial score (nSPS) is 17.4. The van der Waals surface area contributed by atoms with Gasteiger partial charge < -0.3 is 5.32 Å². The Kier molecular flexibility index (Phi) is 5.26. The van der Waals surface area contributed by atoms with Crippen molar-refractivity contribution < 1.29 is 0 Å². The summed E-state index contributed by atoms with van der Waals surface area (Å²) in [4.78, 5) is 2.62. The Morgan fingerprint density at radius 2 is 1.94 bits per heavy atom. The zero-order valence-electron chi connectivity index (χ0n) is 11.8. The number of hydrogen-bond donors (Lipinski definition) is 1. The van der Waals surface area contributed by atoms with Gasteiger partial charge in [-0.1, -0.05) is 6.92 Å². The number of hydrogen-bond acceptors (Lipinski definition) is 2. The lowest BCUT2D eigenvalue weighted by Gasteiger charge is -2.30. The van der Waals surface area contributed by atoms with Gasteiger partial charge in [0.05, 0.1) is 0 Å². The van der Waals surface area contributed by atoms with Crippen molar-refractivity contribution in [1.29, 1.82) is 0 Å². The molecule has 0 unspecified atom stereocenters. The molecule has 16 heavy (non-hydrogen) atoms. The van der Waals surface area contributed by atoms with Gasteiger partial charge in [0.1, 0.15) is 0 Å². The lowest BCUT2D eigenvalue weighted by molar-refractivity contribution is 0.204. The van der Waals surface area contributed by atoms with E-state index in [0.29, 0.717) is 11.6 Å². The summed E-state index contributed by atoms with van der Waals surface area (Å²) in [5.41, 5.74) is 0.294. The Labute approximate surface area is 102 Å². The quantitative estimate of drug-likeness (QED) is 0.684. The molecule has 0 saturated heterocycles. The van der Waals surface area contributed by atoms with Crippen molar-refractivity contribution in [2.24, 2.45) is 5.92 Å². The van der Waals surface area contributed by atoms with E-state index in [1.165, 1.54) is 32.4 Å². The van der Waals surface area contributed by atoms with Crippen LogP contribution >= 0.6 is 0 Å². The van der Waals surface area contributed by atoms with Crippen LogP contribution < -0.4 is 5.32 Å². The highest BCUT2D eigenvalue weighted by molar-refractivity contribution is 4.80. The van der Waals surface area contributed by atoms with Crippen molar-refractivity contribution in [3.05, 3.63) is 0 Å². The fraction of sp³-hybridized carbons (Fsp3) is 1.00. The summed E-state index contributed by atoms with van der Waals surface area (Å²) >= 11 is 0. The van der Waals surface area contributed by atoms with Crippen LogP contribution in [0.5, 0.6) is 0 Å². The van der Waals surface area contributed by atoms with E-state index in [1.807, 2.05) is 0 Å². The molecular weight excluding hydrogens is 196 g/mol. The van der Waals surface area contributed by atoms with E-state index < -0.39 is 0 Å². The van der Waals surface area contributed by atoms with Crippen molar-refractivity contribution in [2.75, 3.05) is 19.6 Å². The molecule has 0 aliphatic heterocycles. The first-order valence-corrected chi connectivity index (χ1v) is 6.93. The Balaban J connectivity index is 2.21. The Hall–Kier alpha value is -0.0800. The van der Waals surface area contributed by atoms with E-state index >= 15 is 0 Å². The molecule has 1 aliphatic carbocycles. The van der Waals surface area contributed by atoms with Crippen LogP contribution in [0.1, 0.15) is 53.9 Å². The van der Waals surface area contributed by atoms with Crippen molar-refractivity contribution in [2.45, 2.75) is 65.5 Å². The Bertz CT molecular complexity index is 195. The van der Waals surface area contributed by atoms with Gasteiger partial charge in [-0.25, -0.2) is 0 Å². The number of nitrogens with one attached hydrogen (secondary N) is 1. The van der Waals surface area contributed by atoms with Crippen molar-refractivity contribution in [3.8, 4) is 0 Å². The van der Waals surface area contributed by atoms with Crippen LogP contribution in [0, 0.1) is 5.92 Å². The molecule has 2 nitrogen and oxygen atoms in total. The van der Waals surface area contributed by atoms with Crippen molar-refractivity contribution in [3.63, 3.8) is 0 Å². The zero-order valence-corrected chi connectivity index (χ0v) is 11.8. The molecule has 0 bridgehead atoms. The van der Waals surface area contributed by atoms with Crippen LogP contribution in [0.15, 0.2) is 0 Å². The molecule has 0 amide bonds. The highest BCUT2D eigenvalue weighted by Gasteiger charge is 2.25. The average molecular weight is 226 g/mol. The molecule has 0 atom stereocenters. The minimum atomic E-state index is 0.294. The first-order chi connectivity index (χ1) is 7.44. The van der Waals surface area contributed by atoms with Crippen LogP contribution in [0.25, 0.3) is 0 Å². The van der Waals surface area contributed by atoms with Gasteiger partial charge in [-0.15, -0.1) is 0 Å². The van der Waals surface area contributed by atoms with Crippen LogP contribution in [0.2, 0.25) is 0 Å². The SMILES string of the molecule is CCC(C)(C)NCCN(CC1CC1)C(C)C. The summed E-state index contributed by atoms with van der Waals surface area (Å²) in [5, 5.41) is 3.65. The molecule has 1 aliphatic rings. The summed E-state index contributed by atoms with van der Waals surface area (Å²) < 4.78 is 0. The lowest BCUT2D eigenvalue weighted by atomic mass is 10.0. The molecule has 1 N–H and O–H groups in total. The molecule has 1 rings (SSSR count). The van der Waals surface area contributed by atoms with E-state index in [0.717, 1.165) is 12.5 Å². The standard InChI is InChI=1S/C14H30N2/c1-6-14(4,5)15-9-10-16(12(2)3)11-13-7-8-13/h12-13,15H,6-11H2,1-5H3. The van der Waals surface area contributed by atoms with Gasteiger partial charge in [0.25, 0.3) is 0 Å². The average Bonchev–Trinajstić information content (AvgIpc) is 3.00. The number of rotatable bonds is 8. The predicted molar refractivity (Wildman–Crippen MR) is 71.8 cm³/mol. The summed E-state index contributed by atoms with van der Waals surface area (Å²) in [6.45, 7) is 15.1. The molecule has 0 aromatic carbocycles. The fourth-order valence-corrected chi connectivity index (χ4v) is 1.86. The second kappa shape index (κ2) is 6.02. The predicted octanol–water partition coefficient (Wildman–Crippen LogP) is 2.89. The van der Waals surface area contributed by atoms with Crippen LogP contribution in [0.4, 0.5) is 0 Å². The van der Waals surface area contributed by atoms with Crippen molar-refractivity contribution >= 4 is 0 Å². The maximum atomic E-state index is 3.65. The first kappa shape index (κ1) is 14.0. The van der Waals surface area contributed by atoms with E-state index in [-0.39, 0.29) is 0 Å². The molecule has 2 heteroatoms. The first-order valence-electron chi connectivity index (χ1n) is 6.93. The van der Waals surface area contributed by atoms with E-state index in [4.69, 9.17) is 0 Å². The van der Waals surface area contributed by atoms with Crippen LogP contribution in [-0.4, -0.2) is 36.1 Å². The Morgan fingerprint density at radius 3 is 2.38 bits per heavy atom. The third-order valence-corrected chi connectivity index (χ3v) is 3.81. The smallest absolute Gasteiger partial charge is 0.0123 e. The van der Waals surface area contributed by atoms with Gasteiger partial charge in [0.2, 0.25) is 0 Å². The molecule has 0 aromatic heterocycles. The lowest BCUT2D eigenvalue weighted by Crippen LogP contribution is -2.45. The van der Waals surface area contributed by atoms with E-state index in [2.05, 4.69) is 44.8 Å². The van der Waals surface area contributed by atoms with E-state index in [1.54, 1.807) is 0 Å². The van der Waals surface area contributed by atoms with Gasteiger partial charge in [-0.05, 0) is 52.9 Å².